The molecule has 1 aromatic heterocycles. The third-order valence-electron chi connectivity index (χ3n) is 3.28. The molecule has 0 amide bonds. The van der Waals surface area contributed by atoms with E-state index in [2.05, 4.69) is 26.8 Å². The lowest BCUT2D eigenvalue weighted by atomic mass is 10.2. The molecule has 1 atom stereocenters. The Hall–Kier alpha value is -1.04. The average molecular weight is 236 g/mol. The first kappa shape index (κ1) is 12.4. The summed E-state index contributed by atoms with van der Waals surface area (Å²) in [7, 11) is 2.06. The molecular formula is C12H20N4O. The molecule has 1 unspecified atom stereocenters. The van der Waals surface area contributed by atoms with Crippen molar-refractivity contribution in [2.75, 3.05) is 33.3 Å². The lowest BCUT2D eigenvalue weighted by Gasteiger charge is -2.38. The number of rotatable bonds is 3. The largest absolute Gasteiger partial charge is 0.395 e. The molecule has 1 N–H and O–H groups in total. The molecule has 5 nitrogen and oxygen atoms in total. The van der Waals surface area contributed by atoms with Crippen molar-refractivity contribution < 1.29 is 5.11 Å². The van der Waals surface area contributed by atoms with Crippen molar-refractivity contribution in [1.82, 2.24) is 19.8 Å². The molecule has 0 radical (unpaired) electrons. The lowest BCUT2D eigenvalue weighted by Crippen LogP contribution is -2.52. The Balaban J connectivity index is 1.95. The van der Waals surface area contributed by atoms with Gasteiger partial charge in [-0.05, 0) is 20.0 Å². The molecule has 0 aliphatic carbocycles. The number of hydrogen-bond acceptors (Lipinski definition) is 5. The molecule has 94 valence electrons. The molecule has 1 saturated heterocycles. The van der Waals surface area contributed by atoms with Crippen molar-refractivity contribution in [2.24, 2.45) is 0 Å². The van der Waals surface area contributed by atoms with Crippen LogP contribution in [0.5, 0.6) is 0 Å². The van der Waals surface area contributed by atoms with Gasteiger partial charge in [0.25, 0.3) is 0 Å². The summed E-state index contributed by atoms with van der Waals surface area (Å²) in [6.45, 7) is 5.82. The summed E-state index contributed by atoms with van der Waals surface area (Å²) in [5.74, 6) is 0.867. The van der Waals surface area contributed by atoms with E-state index in [1.807, 2.05) is 13.0 Å². The zero-order chi connectivity index (χ0) is 12.3. The summed E-state index contributed by atoms with van der Waals surface area (Å²) in [6, 6.07) is 2.14. The first-order chi connectivity index (χ1) is 8.19. The fraction of sp³-hybridized carbons (Fsp3) is 0.667. The van der Waals surface area contributed by atoms with E-state index in [9.17, 15) is 5.11 Å². The Morgan fingerprint density at radius 1 is 1.47 bits per heavy atom. The van der Waals surface area contributed by atoms with Crippen LogP contribution >= 0.6 is 0 Å². The second kappa shape index (κ2) is 5.53. The normalized spacial score (nSPS) is 22.9. The Bertz CT molecular complexity index is 371. The monoisotopic (exact) mass is 236 g/mol. The molecule has 1 aliphatic heterocycles. The summed E-state index contributed by atoms with van der Waals surface area (Å²) >= 11 is 0. The number of piperazine rings is 1. The van der Waals surface area contributed by atoms with Crippen LogP contribution in [-0.2, 0) is 6.54 Å². The van der Waals surface area contributed by atoms with Crippen LogP contribution in [0.1, 0.15) is 11.5 Å². The minimum Gasteiger partial charge on any atom is -0.395 e. The third-order valence-corrected chi connectivity index (χ3v) is 3.28. The van der Waals surface area contributed by atoms with Crippen LogP contribution in [0.25, 0.3) is 0 Å². The average Bonchev–Trinajstić information content (AvgIpc) is 2.32. The number of aryl methyl sites for hydroxylation is 1. The molecule has 2 heterocycles. The van der Waals surface area contributed by atoms with Crippen LogP contribution in [0, 0.1) is 6.92 Å². The maximum absolute atomic E-state index is 9.29. The summed E-state index contributed by atoms with van der Waals surface area (Å²) < 4.78 is 0. The quantitative estimate of drug-likeness (QED) is 0.794. The predicted octanol–water partition coefficient (Wildman–Crippen LogP) is -0.107. The smallest absolute Gasteiger partial charge is 0.142 e. The zero-order valence-corrected chi connectivity index (χ0v) is 10.5. The summed E-state index contributed by atoms with van der Waals surface area (Å²) in [5, 5.41) is 9.29. The van der Waals surface area contributed by atoms with Crippen molar-refractivity contribution in [3.05, 3.63) is 23.8 Å². The van der Waals surface area contributed by atoms with Crippen LogP contribution in [0.2, 0.25) is 0 Å². The fourth-order valence-electron chi connectivity index (χ4n) is 2.13. The van der Waals surface area contributed by atoms with Gasteiger partial charge in [-0.1, -0.05) is 0 Å². The minimum atomic E-state index is 0.210. The minimum absolute atomic E-state index is 0.210. The topological polar surface area (TPSA) is 52.5 Å². The molecule has 5 heteroatoms. The molecule has 0 spiro atoms. The Morgan fingerprint density at radius 3 is 3.00 bits per heavy atom. The zero-order valence-electron chi connectivity index (χ0n) is 10.5. The van der Waals surface area contributed by atoms with E-state index in [4.69, 9.17) is 0 Å². The summed E-state index contributed by atoms with van der Waals surface area (Å²) in [5.41, 5.74) is 1.00. The third kappa shape index (κ3) is 3.21. The number of aromatic nitrogens is 2. The molecular weight excluding hydrogens is 216 g/mol. The predicted molar refractivity (Wildman–Crippen MR) is 65.5 cm³/mol. The Kier molecular flexibility index (Phi) is 4.04. The number of hydrogen-bond donors (Lipinski definition) is 1. The maximum Gasteiger partial charge on any atom is 0.142 e. The molecule has 2 rings (SSSR count). The Morgan fingerprint density at radius 2 is 2.29 bits per heavy atom. The highest BCUT2D eigenvalue weighted by molar-refractivity contribution is 5.00. The first-order valence-corrected chi connectivity index (χ1v) is 6.01. The van der Waals surface area contributed by atoms with Crippen molar-refractivity contribution in [2.45, 2.75) is 19.5 Å². The van der Waals surface area contributed by atoms with Crippen LogP contribution in [0.4, 0.5) is 0 Å². The number of nitrogens with zero attached hydrogens (tertiary/aromatic N) is 4. The van der Waals surface area contributed by atoms with Crippen LogP contribution < -0.4 is 0 Å². The van der Waals surface area contributed by atoms with Crippen LogP contribution in [-0.4, -0.2) is 64.2 Å². The molecule has 17 heavy (non-hydrogen) atoms. The number of likely N-dealkylation sites (N-methyl/N-ethyl adjacent to an activating group) is 1. The van der Waals surface area contributed by atoms with Gasteiger partial charge in [0.2, 0.25) is 0 Å². The standard InChI is InChI=1S/C12H20N4O/c1-10-3-4-13-12(14-10)8-16-6-5-15(2)11(7-16)9-17/h3-4,11,17H,5-9H2,1-2H3. The van der Waals surface area contributed by atoms with Gasteiger partial charge in [0.05, 0.1) is 13.2 Å². The van der Waals surface area contributed by atoms with Gasteiger partial charge in [-0.2, -0.15) is 0 Å². The second-order valence-corrected chi connectivity index (χ2v) is 4.67. The number of aliphatic hydroxyl groups excluding tert-OH is 1. The van der Waals surface area contributed by atoms with Gasteiger partial charge < -0.3 is 5.11 Å². The van der Waals surface area contributed by atoms with E-state index >= 15 is 0 Å². The highest BCUT2D eigenvalue weighted by Gasteiger charge is 2.23. The van der Waals surface area contributed by atoms with E-state index in [-0.39, 0.29) is 12.6 Å². The SMILES string of the molecule is Cc1ccnc(CN2CCN(C)C(CO)C2)n1. The lowest BCUT2D eigenvalue weighted by molar-refractivity contribution is 0.0527. The van der Waals surface area contributed by atoms with E-state index in [1.165, 1.54) is 0 Å². The van der Waals surface area contributed by atoms with Crippen molar-refractivity contribution in [3.63, 3.8) is 0 Å². The second-order valence-electron chi connectivity index (χ2n) is 4.67. The molecule has 1 fully saturated rings. The highest BCUT2D eigenvalue weighted by atomic mass is 16.3. The van der Waals surface area contributed by atoms with Crippen molar-refractivity contribution in [3.8, 4) is 0 Å². The highest BCUT2D eigenvalue weighted by Crippen LogP contribution is 2.09. The van der Waals surface area contributed by atoms with Gasteiger partial charge in [-0.15, -0.1) is 0 Å². The van der Waals surface area contributed by atoms with E-state index in [0.29, 0.717) is 0 Å². The molecule has 0 bridgehead atoms. The molecule has 1 aliphatic rings. The van der Waals surface area contributed by atoms with Crippen molar-refractivity contribution in [1.29, 1.82) is 0 Å². The van der Waals surface area contributed by atoms with Gasteiger partial charge in [0, 0.05) is 37.6 Å². The molecule has 0 saturated carbocycles. The van der Waals surface area contributed by atoms with Gasteiger partial charge in [-0.3, -0.25) is 9.80 Å². The maximum atomic E-state index is 9.29. The van der Waals surface area contributed by atoms with Crippen LogP contribution in [0.15, 0.2) is 12.3 Å². The van der Waals surface area contributed by atoms with Crippen LogP contribution in [0.3, 0.4) is 0 Å². The van der Waals surface area contributed by atoms with Gasteiger partial charge in [0.1, 0.15) is 5.82 Å². The van der Waals surface area contributed by atoms with E-state index in [1.54, 1.807) is 6.20 Å². The van der Waals surface area contributed by atoms with E-state index in [0.717, 1.165) is 37.7 Å². The summed E-state index contributed by atoms with van der Waals surface area (Å²) in [6.07, 6.45) is 1.80. The molecule has 1 aromatic rings. The van der Waals surface area contributed by atoms with Gasteiger partial charge in [0.15, 0.2) is 0 Å². The number of aliphatic hydroxyl groups is 1. The van der Waals surface area contributed by atoms with Gasteiger partial charge in [-0.25, -0.2) is 9.97 Å². The first-order valence-electron chi connectivity index (χ1n) is 6.01. The van der Waals surface area contributed by atoms with E-state index < -0.39 is 0 Å². The van der Waals surface area contributed by atoms with Crippen molar-refractivity contribution >= 4 is 0 Å². The Labute approximate surface area is 102 Å². The van der Waals surface area contributed by atoms with Gasteiger partial charge >= 0.3 is 0 Å². The fourth-order valence-corrected chi connectivity index (χ4v) is 2.13. The summed E-state index contributed by atoms with van der Waals surface area (Å²) in [4.78, 5) is 13.2. The molecule has 0 aromatic carbocycles.